The molecule has 0 saturated carbocycles. The molecule has 1 aromatic rings. The number of carboxylic acids is 1. The van der Waals surface area contributed by atoms with Crippen LogP contribution in [-0.2, 0) is 20.7 Å². The molecule has 2 amide bonds. The Kier molecular flexibility index (Phi) is 5.25. The molecular weight excluding hydrogens is 336 g/mol. The molecule has 0 bridgehead atoms. The van der Waals surface area contributed by atoms with E-state index in [4.69, 9.17) is 4.74 Å². The van der Waals surface area contributed by atoms with Gasteiger partial charge in [0.25, 0.3) is 0 Å². The third-order valence-corrected chi connectivity index (χ3v) is 4.95. The van der Waals surface area contributed by atoms with Gasteiger partial charge < -0.3 is 15.2 Å². The molecule has 1 aliphatic heterocycles. The van der Waals surface area contributed by atoms with Gasteiger partial charge in [-0.3, -0.25) is 14.5 Å². The summed E-state index contributed by atoms with van der Waals surface area (Å²) in [5, 5.41) is 12.2. The van der Waals surface area contributed by atoms with Crippen molar-refractivity contribution in [2.75, 3.05) is 23.9 Å². The normalized spacial score (nSPS) is 21.7. The second kappa shape index (κ2) is 7.59. The number of hydrogen-bond acceptors (Lipinski definition) is 4. The summed E-state index contributed by atoms with van der Waals surface area (Å²) in [5.74, 6) is -2.52. The second-order valence-electron chi connectivity index (χ2n) is 6.55. The minimum absolute atomic E-state index is 0.290. The number of fused-ring (bicyclic) bond motifs is 1. The number of aryl methyl sites for hydroxylation is 1. The van der Waals surface area contributed by atoms with Gasteiger partial charge in [0.2, 0.25) is 5.91 Å². The van der Waals surface area contributed by atoms with Crippen LogP contribution in [0, 0.1) is 11.8 Å². The number of carbonyl (C=O) groups excluding carboxylic acids is 2. The first-order chi connectivity index (χ1) is 12.5. The van der Waals surface area contributed by atoms with Crippen LogP contribution >= 0.6 is 0 Å². The lowest BCUT2D eigenvalue weighted by molar-refractivity contribution is -0.146. The first-order valence-corrected chi connectivity index (χ1v) is 8.68. The number of nitrogens with zero attached hydrogens (tertiary/aromatic N) is 1. The SMILES string of the molecule is COC(=O)N1CCCc2cc(NC(=O)C3CC=CCC3C(=O)O)ccc21. The summed E-state index contributed by atoms with van der Waals surface area (Å²) in [7, 11) is 1.35. The highest BCUT2D eigenvalue weighted by Gasteiger charge is 2.34. The van der Waals surface area contributed by atoms with Crippen LogP contribution in [0.1, 0.15) is 24.8 Å². The topological polar surface area (TPSA) is 95.9 Å². The van der Waals surface area contributed by atoms with Crippen LogP contribution in [0.4, 0.5) is 16.2 Å². The summed E-state index contributed by atoms with van der Waals surface area (Å²) in [6, 6.07) is 5.36. The molecule has 2 unspecified atom stereocenters. The molecule has 1 heterocycles. The molecule has 0 aromatic heterocycles. The summed E-state index contributed by atoms with van der Waals surface area (Å²) in [4.78, 5) is 37.4. The summed E-state index contributed by atoms with van der Waals surface area (Å²) >= 11 is 0. The molecule has 2 aliphatic rings. The highest BCUT2D eigenvalue weighted by atomic mass is 16.5. The van der Waals surface area contributed by atoms with Crippen molar-refractivity contribution in [3.63, 3.8) is 0 Å². The Morgan fingerprint density at radius 2 is 1.92 bits per heavy atom. The van der Waals surface area contributed by atoms with Crippen molar-refractivity contribution in [2.24, 2.45) is 11.8 Å². The molecular formula is C19H22N2O5. The van der Waals surface area contributed by atoms with Crippen LogP contribution in [0.5, 0.6) is 0 Å². The first kappa shape index (κ1) is 18.0. The molecule has 0 saturated heterocycles. The number of ether oxygens (including phenoxy) is 1. The summed E-state index contributed by atoms with van der Waals surface area (Å²) < 4.78 is 4.81. The van der Waals surface area contributed by atoms with Crippen LogP contribution in [0.3, 0.4) is 0 Å². The molecule has 3 rings (SSSR count). The number of benzene rings is 1. The fraction of sp³-hybridized carbons (Fsp3) is 0.421. The van der Waals surface area contributed by atoms with Gasteiger partial charge in [0.1, 0.15) is 0 Å². The molecule has 26 heavy (non-hydrogen) atoms. The average molecular weight is 358 g/mol. The number of amides is 2. The molecule has 0 spiro atoms. The third-order valence-electron chi connectivity index (χ3n) is 4.95. The van der Waals surface area contributed by atoms with Crippen molar-refractivity contribution in [1.82, 2.24) is 0 Å². The molecule has 7 heteroatoms. The maximum absolute atomic E-state index is 12.6. The maximum atomic E-state index is 12.6. The zero-order valence-electron chi connectivity index (χ0n) is 14.6. The lowest BCUT2D eigenvalue weighted by Crippen LogP contribution is -2.36. The van der Waals surface area contributed by atoms with Crippen molar-refractivity contribution < 1.29 is 24.2 Å². The minimum atomic E-state index is -0.950. The molecule has 7 nitrogen and oxygen atoms in total. The number of allylic oxidation sites excluding steroid dienone is 2. The van der Waals surface area contributed by atoms with Gasteiger partial charge in [-0.05, 0) is 49.4 Å². The fourth-order valence-corrected chi connectivity index (χ4v) is 3.59. The molecule has 0 radical (unpaired) electrons. The number of nitrogens with one attached hydrogen (secondary N) is 1. The van der Waals surface area contributed by atoms with Crippen LogP contribution in [0.2, 0.25) is 0 Å². The van der Waals surface area contributed by atoms with E-state index < -0.39 is 23.9 Å². The molecule has 2 atom stereocenters. The number of rotatable bonds is 3. The van der Waals surface area contributed by atoms with Crippen LogP contribution in [-0.4, -0.2) is 36.7 Å². The lowest BCUT2D eigenvalue weighted by Gasteiger charge is -2.29. The van der Waals surface area contributed by atoms with Crippen molar-refractivity contribution >= 4 is 29.3 Å². The van der Waals surface area contributed by atoms with Gasteiger partial charge in [-0.1, -0.05) is 12.2 Å². The zero-order valence-corrected chi connectivity index (χ0v) is 14.6. The number of carbonyl (C=O) groups is 3. The Labute approximate surface area is 151 Å². The van der Waals surface area contributed by atoms with Gasteiger partial charge in [-0.2, -0.15) is 0 Å². The monoisotopic (exact) mass is 358 g/mol. The quantitative estimate of drug-likeness (QED) is 0.810. The average Bonchev–Trinajstić information content (AvgIpc) is 2.66. The van der Waals surface area contributed by atoms with E-state index in [2.05, 4.69) is 5.32 Å². The number of methoxy groups -OCH3 is 1. The maximum Gasteiger partial charge on any atom is 0.414 e. The van der Waals surface area contributed by atoms with Gasteiger partial charge in [0.05, 0.1) is 24.6 Å². The van der Waals surface area contributed by atoms with E-state index in [9.17, 15) is 19.5 Å². The molecule has 138 valence electrons. The smallest absolute Gasteiger partial charge is 0.414 e. The largest absolute Gasteiger partial charge is 0.481 e. The van der Waals surface area contributed by atoms with Gasteiger partial charge in [0, 0.05) is 12.2 Å². The van der Waals surface area contributed by atoms with Crippen LogP contribution < -0.4 is 10.2 Å². The van der Waals surface area contributed by atoms with Gasteiger partial charge in [0.15, 0.2) is 0 Å². The van der Waals surface area contributed by atoms with Crippen molar-refractivity contribution in [2.45, 2.75) is 25.7 Å². The Balaban J connectivity index is 1.77. The Bertz CT molecular complexity index is 758. The second-order valence-corrected chi connectivity index (χ2v) is 6.55. The molecule has 1 aliphatic carbocycles. The number of hydrogen-bond donors (Lipinski definition) is 2. The fourth-order valence-electron chi connectivity index (χ4n) is 3.59. The standard InChI is InChI=1S/C19H22N2O5/c1-26-19(25)21-10-4-5-12-11-13(8-9-16(12)21)20-17(22)14-6-2-3-7-15(14)18(23)24/h2-3,8-9,11,14-15H,4-7,10H2,1H3,(H,20,22)(H,23,24). The van der Waals surface area contributed by atoms with E-state index in [-0.39, 0.29) is 5.91 Å². The van der Waals surface area contributed by atoms with E-state index in [0.717, 1.165) is 24.1 Å². The number of carboxylic acid groups (broad SMARTS) is 1. The highest BCUT2D eigenvalue weighted by Crippen LogP contribution is 2.31. The number of anilines is 2. The van der Waals surface area contributed by atoms with Crippen LogP contribution in [0.15, 0.2) is 30.4 Å². The van der Waals surface area contributed by atoms with Crippen LogP contribution in [0.25, 0.3) is 0 Å². The number of aliphatic carboxylic acids is 1. The summed E-state index contributed by atoms with van der Waals surface area (Å²) in [6.45, 7) is 0.597. The highest BCUT2D eigenvalue weighted by molar-refractivity contribution is 5.96. The van der Waals surface area contributed by atoms with E-state index >= 15 is 0 Å². The van der Waals surface area contributed by atoms with Crippen molar-refractivity contribution in [3.05, 3.63) is 35.9 Å². The lowest BCUT2D eigenvalue weighted by atomic mass is 9.82. The third kappa shape index (κ3) is 3.56. The van der Waals surface area contributed by atoms with E-state index in [1.54, 1.807) is 17.0 Å². The van der Waals surface area contributed by atoms with E-state index in [1.165, 1.54) is 7.11 Å². The first-order valence-electron chi connectivity index (χ1n) is 8.68. The Morgan fingerprint density at radius 3 is 2.62 bits per heavy atom. The van der Waals surface area contributed by atoms with Gasteiger partial charge in [-0.15, -0.1) is 0 Å². The van der Waals surface area contributed by atoms with Gasteiger partial charge in [-0.25, -0.2) is 4.79 Å². The van der Waals surface area contributed by atoms with Crippen molar-refractivity contribution in [3.8, 4) is 0 Å². The van der Waals surface area contributed by atoms with E-state index in [0.29, 0.717) is 25.1 Å². The Hall–Kier alpha value is -2.83. The predicted molar refractivity (Wildman–Crippen MR) is 96.1 cm³/mol. The summed E-state index contributed by atoms with van der Waals surface area (Å²) in [5.41, 5.74) is 2.35. The minimum Gasteiger partial charge on any atom is -0.481 e. The zero-order chi connectivity index (χ0) is 18.7. The Morgan fingerprint density at radius 1 is 1.19 bits per heavy atom. The van der Waals surface area contributed by atoms with Crippen molar-refractivity contribution in [1.29, 1.82) is 0 Å². The predicted octanol–water partition coefficient (Wildman–Crippen LogP) is 2.81. The molecule has 2 N–H and O–H groups in total. The van der Waals surface area contributed by atoms with E-state index in [1.807, 2.05) is 18.2 Å². The summed E-state index contributed by atoms with van der Waals surface area (Å²) in [6.07, 6.45) is 5.66. The molecule has 0 fully saturated rings. The van der Waals surface area contributed by atoms with Gasteiger partial charge >= 0.3 is 12.1 Å². The molecule has 1 aromatic carbocycles.